The first-order valence-electron chi connectivity index (χ1n) is 10.1. The molecule has 0 saturated carbocycles. The zero-order valence-corrected chi connectivity index (χ0v) is 16.1. The number of rotatable bonds is 3. The Morgan fingerprint density at radius 2 is 2.00 bits per heavy atom. The second kappa shape index (κ2) is 7.20. The Labute approximate surface area is 169 Å². The molecule has 0 bridgehead atoms. The van der Waals surface area contributed by atoms with Crippen LogP contribution in [-0.4, -0.2) is 21.4 Å². The van der Waals surface area contributed by atoms with Gasteiger partial charge in [-0.15, -0.1) is 0 Å². The molecule has 2 amide bonds. The molecule has 2 N–H and O–H groups in total. The summed E-state index contributed by atoms with van der Waals surface area (Å²) in [5, 5.41) is 5.83. The van der Waals surface area contributed by atoms with Crippen molar-refractivity contribution in [2.24, 2.45) is 0 Å². The number of hydrogen-bond acceptors (Lipinski definition) is 3. The number of nitrogens with zero attached hydrogens (tertiary/aromatic N) is 2. The van der Waals surface area contributed by atoms with Gasteiger partial charge in [-0.1, -0.05) is 12.1 Å². The molecule has 0 unspecified atom stereocenters. The quantitative estimate of drug-likeness (QED) is 0.714. The molecule has 1 aromatic heterocycles. The van der Waals surface area contributed by atoms with E-state index in [2.05, 4.69) is 21.4 Å². The van der Waals surface area contributed by atoms with Crippen LogP contribution in [0.2, 0.25) is 0 Å². The van der Waals surface area contributed by atoms with Crippen LogP contribution in [0.3, 0.4) is 0 Å². The van der Waals surface area contributed by atoms with Gasteiger partial charge >= 0.3 is 0 Å². The molecular formula is C23H22N4O2. The van der Waals surface area contributed by atoms with Gasteiger partial charge in [-0.2, -0.15) is 0 Å². The van der Waals surface area contributed by atoms with Crippen LogP contribution >= 0.6 is 0 Å². The molecule has 3 heterocycles. The van der Waals surface area contributed by atoms with E-state index in [0.29, 0.717) is 18.4 Å². The molecule has 0 aliphatic carbocycles. The van der Waals surface area contributed by atoms with E-state index in [1.165, 1.54) is 12.8 Å². The lowest BCUT2D eigenvalue weighted by atomic mass is 10.00. The van der Waals surface area contributed by atoms with Crippen LogP contribution < -0.4 is 10.6 Å². The number of aryl methyl sites for hydroxylation is 3. The summed E-state index contributed by atoms with van der Waals surface area (Å²) < 4.78 is 2.23. The Hall–Kier alpha value is -3.41. The fourth-order valence-electron chi connectivity index (χ4n) is 4.04. The zero-order valence-electron chi connectivity index (χ0n) is 16.1. The third kappa shape index (κ3) is 3.53. The Bertz CT molecular complexity index is 1090. The molecule has 3 aromatic rings. The standard InChI is InChI=1S/C23H22N4O2/c28-22-10-8-16-12-17(7-9-19(16)26-22)23(29)24-18-5-3-4-15(13-18)20-14-27-11-2-1-6-21(27)25-20/h3-5,7,9,12-14H,1-2,6,8,10-11H2,(H,24,29)(H,26,28). The van der Waals surface area contributed by atoms with Gasteiger partial charge in [-0.05, 0) is 55.2 Å². The summed E-state index contributed by atoms with van der Waals surface area (Å²) in [5.74, 6) is 1.00. The highest BCUT2D eigenvalue weighted by atomic mass is 16.2. The van der Waals surface area contributed by atoms with Gasteiger partial charge in [0.25, 0.3) is 5.91 Å². The lowest BCUT2D eigenvalue weighted by Crippen LogP contribution is -2.20. The van der Waals surface area contributed by atoms with Gasteiger partial charge in [-0.25, -0.2) is 4.98 Å². The molecule has 6 nitrogen and oxygen atoms in total. The molecule has 5 rings (SSSR count). The van der Waals surface area contributed by atoms with Crippen LogP contribution in [0.4, 0.5) is 11.4 Å². The summed E-state index contributed by atoms with van der Waals surface area (Å²) in [6.07, 6.45) is 6.63. The van der Waals surface area contributed by atoms with Gasteiger partial charge in [0.05, 0.1) is 5.69 Å². The van der Waals surface area contributed by atoms with E-state index >= 15 is 0 Å². The van der Waals surface area contributed by atoms with Crippen molar-refractivity contribution in [2.75, 3.05) is 10.6 Å². The SMILES string of the molecule is O=C1CCc2cc(C(=O)Nc3cccc(-c4cn5c(n4)CCCC5)c3)ccc2N1. The maximum atomic E-state index is 12.8. The van der Waals surface area contributed by atoms with E-state index in [4.69, 9.17) is 4.98 Å². The van der Waals surface area contributed by atoms with Crippen molar-refractivity contribution < 1.29 is 9.59 Å². The van der Waals surface area contributed by atoms with Gasteiger partial charge in [0, 0.05) is 48.1 Å². The largest absolute Gasteiger partial charge is 0.334 e. The maximum Gasteiger partial charge on any atom is 0.255 e. The summed E-state index contributed by atoms with van der Waals surface area (Å²) in [6.45, 7) is 1.03. The average Bonchev–Trinajstić information content (AvgIpc) is 3.18. The number of carbonyl (C=O) groups excluding carboxylic acids is 2. The van der Waals surface area contributed by atoms with Gasteiger partial charge < -0.3 is 15.2 Å². The van der Waals surface area contributed by atoms with Gasteiger partial charge in [0.15, 0.2) is 0 Å². The Kier molecular flexibility index (Phi) is 4.39. The summed E-state index contributed by atoms with van der Waals surface area (Å²) >= 11 is 0. The molecule has 0 atom stereocenters. The zero-order chi connectivity index (χ0) is 19.8. The second-order valence-electron chi connectivity index (χ2n) is 7.65. The second-order valence-corrected chi connectivity index (χ2v) is 7.65. The first kappa shape index (κ1) is 17.7. The summed E-state index contributed by atoms with van der Waals surface area (Å²) in [4.78, 5) is 29.0. The first-order valence-corrected chi connectivity index (χ1v) is 10.1. The Morgan fingerprint density at radius 3 is 2.90 bits per heavy atom. The van der Waals surface area contributed by atoms with E-state index in [1.54, 1.807) is 12.1 Å². The molecular weight excluding hydrogens is 364 g/mol. The minimum atomic E-state index is -0.161. The number of anilines is 2. The average molecular weight is 386 g/mol. The molecule has 29 heavy (non-hydrogen) atoms. The van der Waals surface area contributed by atoms with Gasteiger partial charge in [-0.3, -0.25) is 9.59 Å². The molecule has 0 fully saturated rings. The molecule has 2 aliphatic rings. The van der Waals surface area contributed by atoms with Crippen molar-refractivity contribution in [2.45, 2.75) is 38.6 Å². The topological polar surface area (TPSA) is 76.0 Å². The fourth-order valence-corrected chi connectivity index (χ4v) is 4.04. The third-order valence-corrected chi connectivity index (χ3v) is 5.59. The van der Waals surface area contributed by atoms with E-state index in [9.17, 15) is 9.59 Å². The van der Waals surface area contributed by atoms with Gasteiger partial charge in [0.1, 0.15) is 5.82 Å². The highest BCUT2D eigenvalue weighted by Crippen LogP contribution is 2.26. The van der Waals surface area contributed by atoms with Crippen LogP contribution in [0.25, 0.3) is 11.3 Å². The number of imidazole rings is 1. The van der Waals surface area contributed by atoms with Gasteiger partial charge in [0.2, 0.25) is 5.91 Å². The fraction of sp³-hybridized carbons (Fsp3) is 0.261. The number of carbonyl (C=O) groups is 2. The van der Waals surface area contributed by atoms with Crippen LogP contribution in [0.1, 0.15) is 41.0 Å². The highest BCUT2D eigenvalue weighted by molar-refractivity contribution is 6.05. The van der Waals surface area contributed by atoms with E-state index in [-0.39, 0.29) is 11.8 Å². The highest BCUT2D eigenvalue weighted by Gasteiger charge is 2.17. The Balaban J connectivity index is 1.36. The molecule has 2 aliphatic heterocycles. The van der Waals surface area contributed by atoms with Crippen molar-refractivity contribution in [3.05, 3.63) is 65.6 Å². The molecule has 6 heteroatoms. The smallest absolute Gasteiger partial charge is 0.255 e. The number of aromatic nitrogens is 2. The first-order chi connectivity index (χ1) is 14.2. The summed E-state index contributed by atoms with van der Waals surface area (Å²) in [6, 6.07) is 13.2. The van der Waals surface area contributed by atoms with Crippen molar-refractivity contribution in [1.29, 1.82) is 0 Å². The summed E-state index contributed by atoms with van der Waals surface area (Å²) in [7, 11) is 0. The molecule has 0 spiro atoms. The van der Waals surface area contributed by atoms with Crippen LogP contribution in [0, 0.1) is 0 Å². The maximum absolute atomic E-state index is 12.8. The number of fused-ring (bicyclic) bond motifs is 2. The van der Waals surface area contributed by atoms with Crippen molar-refractivity contribution in [1.82, 2.24) is 9.55 Å². The molecule has 0 saturated heterocycles. The number of hydrogen-bond donors (Lipinski definition) is 2. The normalized spacial score (nSPS) is 15.2. The van der Waals surface area contributed by atoms with E-state index < -0.39 is 0 Å². The Morgan fingerprint density at radius 1 is 1.07 bits per heavy atom. The summed E-state index contributed by atoms with van der Waals surface area (Å²) in [5.41, 5.74) is 5.06. The third-order valence-electron chi connectivity index (χ3n) is 5.59. The predicted octanol–water partition coefficient (Wildman–Crippen LogP) is 4.02. The lowest BCUT2D eigenvalue weighted by molar-refractivity contribution is -0.116. The molecule has 2 aromatic carbocycles. The van der Waals surface area contributed by atoms with Crippen molar-refractivity contribution in [3.8, 4) is 11.3 Å². The minimum Gasteiger partial charge on any atom is -0.334 e. The monoisotopic (exact) mass is 386 g/mol. The number of amides is 2. The van der Waals surface area contributed by atoms with Crippen LogP contribution in [0.15, 0.2) is 48.7 Å². The minimum absolute atomic E-state index is 0.0208. The number of nitrogens with one attached hydrogen (secondary N) is 2. The van der Waals surface area contributed by atoms with Crippen molar-refractivity contribution in [3.63, 3.8) is 0 Å². The molecule has 0 radical (unpaired) electrons. The lowest BCUT2D eigenvalue weighted by Gasteiger charge is -2.17. The molecule has 146 valence electrons. The van der Waals surface area contributed by atoms with Crippen LogP contribution in [0.5, 0.6) is 0 Å². The predicted molar refractivity (Wildman–Crippen MR) is 112 cm³/mol. The van der Waals surface area contributed by atoms with Crippen LogP contribution in [-0.2, 0) is 24.2 Å². The van der Waals surface area contributed by atoms with E-state index in [1.807, 2.05) is 30.3 Å². The van der Waals surface area contributed by atoms with Crippen molar-refractivity contribution >= 4 is 23.2 Å². The number of benzene rings is 2. The van der Waals surface area contributed by atoms with E-state index in [0.717, 1.165) is 47.0 Å².